The Hall–Kier alpha value is -2.50. The van der Waals surface area contributed by atoms with Crippen molar-refractivity contribution in [3.63, 3.8) is 0 Å². The molecule has 0 aliphatic carbocycles. The maximum atomic E-state index is 10.1. The maximum Gasteiger partial charge on any atom is 0.201 e. The molecule has 1 fully saturated rings. The summed E-state index contributed by atoms with van der Waals surface area (Å²) < 4.78 is 6.61. The number of aliphatic hydroxyl groups is 3. The lowest BCUT2D eigenvalue weighted by Crippen LogP contribution is -2.33. The Morgan fingerprint density at radius 2 is 2.18 bits per heavy atom. The van der Waals surface area contributed by atoms with Crippen molar-refractivity contribution in [2.45, 2.75) is 24.5 Å². The van der Waals surface area contributed by atoms with E-state index in [0.717, 1.165) is 0 Å². The number of hydrogen-bond donors (Lipinski definition) is 4. The summed E-state index contributed by atoms with van der Waals surface area (Å²) >= 11 is 0. The first-order valence-electron chi connectivity index (χ1n) is 6.24. The summed E-state index contributed by atoms with van der Waals surface area (Å²) in [7, 11) is 0. The molecule has 5 N–H and O–H groups in total. The van der Waals surface area contributed by atoms with Gasteiger partial charge in [0.1, 0.15) is 24.6 Å². The van der Waals surface area contributed by atoms with Gasteiger partial charge in [0.15, 0.2) is 23.2 Å². The summed E-state index contributed by atoms with van der Waals surface area (Å²) in [5.41, 5.74) is 14.7. The third-order valence-electron chi connectivity index (χ3n) is 3.39. The average Bonchev–Trinajstić information content (AvgIpc) is 3.00. The Balaban J connectivity index is 2.19. The Morgan fingerprint density at radius 1 is 1.41 bits per heavy atom. The highest BCUT2D eigenvalue weighted by atomic mass is 16.6. The summed E-state index contributed by atoms with van der Waals surface area (Å²) in [5.74, 6) is -0.0931. The molecule has 0 saturated carbocycles. The minimum absolute atomic E-state index is 0.0601. The summed E-state index contributed by atoms with van der Waals surface area (Å²) in [5, 5.41) is 32.5. The van der Waals surface area contributed by atoms with E-state index >= 15 is 0 Å². The molecule has 2 aromatic heterocycles. The van der Waals surface area contributed by atoms with E-state index in [1.165, 1.54) is 10.9 Å². The molecule has 3 heterocycles. The van der Waals surface area contributed by atoms with Crippen LogP contribution in [0.4, 0.5) is 11.8 Å². The fraction of sp³-hybridized carbons (Fsp3) is 0.500. The molecule has 0 bridgehead atoms. The molecular formula is C10H12N8O4. The van der Waals surface area contributed by atoms with Gasteiger partial charge in [-0.25, -0.2) is 15.0 Å². The summed E-state index contributed by atoms with van der Waals surface area (Å²) in [6.07, 6.45) is -3.65. The Morgan fingerprint density at radius 3 is 2.82 bits per heavy atom. The van der Waals surface area contributed by atoms with Gasteiger partial charge in [-0.2, -0.15) is 0 Å². The summed E-state index contributed by atoms with van der Waals surface area (Å²) in [4.78, 5) is 14.4. The first-order chi connectivity index (χ1) is 10.6. The van der Waals surface area contributed by atoms with Crippen molar-refractivity contribution in [1.82, 2.24) is 19.5 Å². The molecule has 0 unspecified atom stereocenters. The molecule has 12 nitrogen and oxygen atoms in total. The number of fused-ring (bicyclic) bond motifs is 1. The second-order valence-corrected chi connectivity index (χ2v) is 4.63. The average molecular weight is 308 g/mol. The van der Waals surface area contributed by atoms with Gasteiger partial charge in [-0.05, 0) is 10.6 Å². The highest BCUT2D eigenvalue weighted by Gasteiger charge is 2.44. The van der Waals surface area contributed by atoms with Crippen LogP contribution < -0.4 is 5.73 Å². The second-order valence-electron chi connectivity index (χ2n) is 4.63. The van der Waals surface area contributed by atoms with Crippen molar-refractivity contribution in [2.75, 3.05) is 12.3 Å². The number of hydrogen-bond acceptors (Lipinski definition) is 9. The van der Waals surface area contributed by atoms with Crippen LogP contribution in [0.5, 0.6) is 0 Å². The van der Waals surface area contributed by atoms with Gasteiger partial charge >= 0.3 is 0 Å². The van der Waals surface area contributed by atoms with Gasteiger partial charge in [0.05, 0.1) is 6.61 Å². The highest BCUT2D eigenvalue weighted by molar-refractivity contribution is 5.83. The van der Waals surface area contributed by atoms with Crippen molar-refractivity contribution in [3.05, 3.63) is 16.8 Å². The standard InChI is InChI=1S/C10H12N8O4/c11-7-4-8(14-2-13-7)18(10(15-4)16-17-12)9-6(21)5(20)3(1-19)22-9/h2-3,5-6,9,19-21H,1H2,(H2,11,13,14)/t3-,5+,6-,9+/m0/s1. The highest BCUT2D eigenvalue weighted by Crippen LogP contribution is 2.35. The molecule has 1 aliphatic rings. The Kier molecular flexibility index (Phi) is 3.52. The number of aliphatic hydroxyl groups excluding tert-OH is 3. The molecular weight excluding hydrogens is 296 g/mol. The number of nitrogens with two attached hydrogens (primary N) is 1. The van der Waals surface area contributed by atoms with Crippen molar-refractivity contribution < 1.29 is 20.1 Å². The van der Waals surface area contributed by atoms with E-state index in [9.17, 15) is 10.2 Å². The van der Waals surface area contributed by atoms with Crippen molar-refractivity contribution in [1.29, 1.82) is 0 Å². The third-order valence-corrected chi connectivity index (χ3v) is 3.39. The Bertz CT molecular complexity index is 757. The zero-order chi connectivity index (χ0) is 15.9. The lowest BCUT2D eigenvalue weighted by atomic mass is 10.1. The topological polar surface area (TPSA) is 188 Å². The zero-order valence-electron chi connectivity index (χ0n) is 11.1. The van der Waals surface area contributed by atoms with Crippen molar-refractivity contribution in [3.8, 4) is 0 Å². The van der Waals surface area contributed by atoms with E-state index in [1.54, 1.807) is 0 Å². The fourth-order valence-electron chi connectivity index (χ4n) is 2.35. The number of nitrogens with zero attached hydrogens (tertiary/aromatic N) is 7. The molecule has 1 aliphatic heterocycles. The van der Waals surface area contributed by atoms with Crippen LogP contribution in [0.2, 0.25) is 0 Å². The van der Waals surface area contributed by atoms with Crippen LogP contribution in [-0.2, 0) is 4.74 Å². The number of nitrogen functional groups attached to an aromatic ring is 1. The van der Waals surface area contributed by atoms with Crippen LogP contribution in [0.25, 0.3) is 21.6 Å². The van der Waals surface area contributed by atoms with Crippen LogP contribution in [0, 0.1) is 0 Å². The van der Waals surface area contributed by atoms with Crippen molar-refractivity contribution >= 4 is 22.9 Å². The van der Waals surface area contributed by atoms with E-state index in [-0.39, 0.29) is 22.9 Å². The molecule has 2 aromatic rings. The lowest BCUT2D eigenvalue weighted by molar-refractivity contribution is -0.0502. The minimum atomic E-state index is -1.38. The van der Waals surface area contributed by atoms with Gasteiger partial charge in [0, 0.05) is 4.91 Å². The predicted octanol–water partition coefficient (Wildman–Crippen LogP) is -1.04. The number of anilines is 1. The second kappa shape index (κ2) is 5.36. The third kappa shape index (κ3) is 2.03. The molecule has 1 saturated heterocycles. The SMILES string of the molecule is [N-]=[N+]=Nc1nc2c(N)ncnc2n1[C@@H]1O[C@@H](CO)[C@@H](O)[C@@H]1O. The van der Waals surface area contributed by atoms with Crippen molar-refractivity contribution in [2.24, 2.45) is 5.11 Å². The number of aromatic nitrogens is 4. The van der Waals surface area contributed by atoms with Crippen LogP contribution in [0.3, 0.4) is 0 Å². The van der Waals surface area contributed by atoms with Crippen LogP contribution in [-0.4, -0.2) is 59.8 Å². The normalized spacial score (nSPS) is 28.0. The van der Waals surface area contributed by atoms with Gasteiger partial charge < -0.3 is 25.8 Å². The fourth-order valence-corrected chi connectivity index (χ4v) is 2.35. The lowest BCUT2D eigenvalue weighted by Gasteiger charge is -2.17. The van der Waals surface area contributed by atoms with Crippen LogP contribution >= 0.6 is 0 Å². The van der Waals surface area contributed by atoms with Crippen LogP contribution in [0.15, 0.2) is 11.4 Å². The quantitative estimate of drug-likeness (QED) is 0.314. The van der Waals surface area contributed by atoms with E-state index < -0.39 is 31.1 Å². The minimum Gasteiger partial charge on any atom is -0.394 e. The van der Waals surface area contributed by atoms with Gasteiger partial charge in [0.25, 0.3) is 0 Å². The van der Waals surface area contributed by atoms with Gasteiger partial charge in [-0.15, -0.1) is 0 Å². The first kappa shape index (κ1) is 14.4. The largest absolute Gasteiger partial charge is 0.394 e. The van der Waals surface area contributed by atoms with E-state index in [2.05, 4.69) is 25.0 Å². The molecule has 22 heavy (non-hydrogen) atoms. The maximum absolute atomic E-state index is 10.1. The van der Waals surface area contributed by atoms with Crippen LogP contribution in [0.1, 0.15) is 6.23 Å². The molecule has 0 radical (unpaired) electrons. The Labute approximate surface area is 122 Å². The zero-order valence-corrected chi connectivity index (χ0v) is 11.1. The molecule has 3 rings (SSSR count). The molecule has 4 atom stereocenters. The van der Waals surface area contributed by atoms with Gasteiger partial charge in [-0.1, -0.05) is 0 Å². The van der Waals surface area contributed by atoms with Gasteiger partial charge in [0.2, 0.25) is 5.95 Å². The van der Waals surface area contributed by atoms with E-state index in [4.69, 9.17) is 21.1 Å². The molecule has 116 valence electrons. The number of ether oxygens (including phenoxy) is 1. The molecule has 12 heteroatoms. The predicted molar refractivity (Wildman–Crippen MR) is 71.6 cm³/mol. The smallest absolute Gasteiger partial charge is 0.201 e. The molecule has 0 aromatic carbocycles. The number of rotatable bonds is 3. The molecule has 0 amide bonds. The summed E-state index contributed by atoms with van der Waals surface area (Å²) in [6, 6.07) is 0. The monoisotopic (exact) mass is 308 g/mol. The van der Waals surface area contributed by atoms with E-state index in [0.29, 0.717) is 0 Å². The van der Waals surface area contributed by atoms with Gasteiger partial charge in [-0.3, -0.25) is 4.57 Å². The molecule has 0 spiro atoms. The summed E-state index contributed by atoms with van der Waals surface area (Å²) in [6.45, 7) is -0.491. The first-order valence-corrected chi connectivity index (χ1v) is 6.24. The number of imidazole rings is 1. The number of azide groups is 1. The van der Waals surface area contributed by atoms with E-state index in [1.807, 2.05) is 0 Å².